The minimum Gasteiger partial charge on any atom is -0.455 e. The molecule has 132 valence electrons. The largest absolute Gasteiger partial charge is 0.455 e. The molecule has 0 radical (unpaired) electrons. The zero-order chi connectivity index (χ0) is 18.3. The highest BCUT2D eigenvalue weighted by atomic mass is 16.6. The van der Waals surface area contributed by atoms with Gasteiger partial charge in [-0.25, -0.2) is 9.59 Å². The van der Waals surface area contributed by atoms with Crippen molar-refractivity contribution in [1.82, 2.24) is 0 Å². The highest BCUT2D eigenvalue weighted by molar-refractivity contribution is 5.83. The summed E-state index contributed by atoms with van der Waals surface area (Å²) in [6.07, 6.45) is 1.10. The number of hydrogen-bond donors (Lipinski definition) is 0. The van der Waals surface area contributed by atoms with Crippen LogP contribution in [0.25, 0.3) is 0 Å². The van der Waals surface area contributed by atoms with Crippen LogP contribution in [0.3, 0.4) is 0 Å². The van der Waals surface area contributed by atoms with E-state index in [1.165, 1.54) is 39.8 Å². The molecule has 0 aromatic heterocycles. The average Bonchev–Trinajstić information content (AvgIpc) is 2.45. The van der Waals surface area contributed by atoms with Crippen LogP contribution in [0.1, 0.15) is 27.7 Å². The fourth-order valence-electron chi connectivity index (χ4n) is 1.89. The first-order valence-corrected chi connectivity index (χ1v) is 7.31. The molecule has 0 bridgehead atoms. The van der Waals surface area contributed by atoms with Crippen molar-refractivity contribution in [3.63, 3.8) is 0 Å². The number of cyclic esters (lactones) is 2. The maximum atomic E-state index is 11.8. The minimum absolute atomic E-state index is 0.591. The van der Waals surface area contributed by atoms with Crippen LogP contribution in [-0.4, -0.2) is 48.3 Å². The third-order valence-corrected chi connectivity index (χ3v) is 2.98. The van der Waals surface area contributed by atoms with E-state index < -0.39 is 48.3 Å². The molecular formula is C16H20O8. The van der Waals surface area contributed by atoms with Gasteiger partial charge in [-0.1, -0.05) is 0 Å². The molecule has 0 unspecified atom stereocenters. The van der Waals surface area contributed by atoms with Crippen molar-refractivity contribution in [2.24, 2.45) is 0 Å². The van der Waals surface area contributed by atoms with Crippen LogP contribution in [0.2, 0.25) is 0 Å². The van der Waals surface area contributed by atoms with Gasteiger partial charge in [0.25, 0.3) is 0 Å². The molecule has 1 aliphatic rings. The third-order valence-electron chi connectivity index (χ3n) is 2.98. The van der Waals surface area contributed by atoms with Gasteiger partial charge in [0.1, 0.15) is 12.2 Å². The molecule has 0 aliphatic carbocycles. The van der Waals surface area contributed by atoms with E-state index in [4.69, 9.17) is 18.9 Å². The van der Waals surface area contributed by atoms with Gasteiger partial charge in [-0.15, -0.1) is 0 Å². The molecule has 0 fully saturated rings. The number of hydrogen-bond acceptors (Lipinski definition) is 8. The molecule has 0 saturated heterocycles. The summed E-state index contributed by atoms with van der Waals surface area (Å²) in [4.78, 5) is 45.9. The summed E-state index contributed by atoms with van der Waals surface area (Å²) in [5.41, 5.74) is 0. The second kappa shape index (κ2) is 8.85. The second-order valence-corrected chi connectivity index (χ2v) is 5.15. The normalized spacial score (nSPS) is 30.7. The molecule has 0 amide bonds. The Kier molecular flexibility index (Phi) is 7.16. The summed E-state index contributed by atoms with van der Waals surface area (Å²) in [6.45, 7) is 5.41. The number of carbonyl (C=O) groups excluding carboxylic acids is 4. The van der Waals surface area contributed by atoms with Crippen molar-refractivity contribution >= 4 is 23.9 Å². The summed E-state index contributed by atoms with van der Waals surface area (Å²) in [5.74, 6) is -2.62. The lowest BCUT2D eigenvalue weighted by Crippen LogP contribution is -2.33. The summed E-state index contributed by atoms with van der Waals surface area (Å²) < 4.78 is 20.2. The van der Waals surface area contributed by atoms with E-state index in [9.17, 15) is 19.2 Å². The summed E-state index contributed by atoms with van der Waals surface area (Å²) in [7, 11) is 0. The van der Waals surface area contributed by atoms with Gasteiger partial charge in [-0.05, 0) is 26.0 Å². The van der Waals surface area contributed by atoms with Crippen molar-refractivity contribution in [2.75, 3.05) is 0 Å². The first kappa shape index (κ1) is 19.4. The van der Waals surface area contributed by atoms with Gasteiger partial charge in [0.05, 0.1) is 0 Å². The van der Waals surface area contributed by atoms with E-state index in [0.717, 1.165) is 12.2 Å². The van der Waals surface area contributed by atoms with Gasteiger partial charge in [-0.3, -0.25) is 9.59 Å². The highest BCUT2D eigenvalue weighted by Gasteiger charge is 2.25. The van der Waals surface area contributed by atoms with Crippen LogP contribution in [-0.2, 0) is 38.1 Å². The molecule has 0 spiro atoms. The first-order chi connectivity index (χ1) is 11.2. The van der Waals surface area contributed by atoms with Gasteiger partial charge >= 0.3 is 23.9 Å². The quantitative estimate of drug-likeness (QED) is 0.538. The Labute approximate surface area is 139 Å². The minimum atomic E-state index is -0.939. The fourth-order valence-corrected chi connectivity index (χ4v) is 1.89. The van der Waals surface area contributed by atoms with Crippen molar-refractivity contribution in [3.8, 4) is 0 Å². The van der Waals surface area contributed by atoms with Gasteiger partial charge in [-0.2, -0.15) is 0 Å². The molecular weight excluding hydrogens is 320 g/mol. The van der Waals surface area contributed by atoms with Crippen LogP contribution in [0.5, 0.6) is 0 Å². The maximum absolute atomic E-state index is 11.8. The zero-order valence-electron chi connectivity index (χ0n) is 13.9. The molecule has 1 aliphatic heterocycles. The average molecular weight is 340 g/mol. The van der Waals surface area contributed by atoms with Gasteiger partial charge < -0.3 is 18.9 Å². The van der Waals surface area contributed by atoms with Crippen LogP contribution in [0.4, 0.5) is 0 Å². The third kappa shape index (κ3) is 6.64. The number of carbonyl (C=O) groups is 4. The van der Waals surface area contributed by atoms with E-state index in [1.54, 1.807) is 0 Å². The van der Waals surface area contributed by atoms with Crippen molar-refractivity contribution < 1.29 is 38.1 Å². The van der Waals surface area contributed by atoms with E-state index in [1.807, 2.05) is 0 Å². The lowest BCUT2D eigenvalue weighted by Gasteiger charge is -2.23. The lowest BCUT2D eigenvalue weighted by atomic mass is 10.2. The van der Waals surface area contributed by atoms with Crippen LogP contribution in [0.15, 0.2) is 24.3 Å². The molecule has 8 nitrogen and oxygen atoms in total. The molecule has 0 aromatic carbocycles. The Morgan fingerprint density at radius 2 is 1.17 bits per heavy atom. The van der Waals surface area contributed by atoms with Gasteiger partial charge in [0, 0.05) is 26.0 Å². The molecule has 4 atom stereocenters. The Balaban J connectivity index is 3.03. The smallest absolute Gasteiger partial charge is 0.330 e. The standard InChI is InChI=1S/C16H20O8/c1-9-13(23-11(3)17)5-7-16(20)22-10(2)14(24-12(4)18)6-8-15(19)21-9/h5-10,13-14H,1-4H3/b7-5-,8-6-/t9-,10-,13+,14+/m1/s1. The van der Waals surface area contributed by atoms with Crippen molar-refractivity contribution in [2.45, 2.75) is 52.1 Å². The fraction of sp³-hybridized carbons (Fsp3) is 0.500. The van der Waals surface area contributed by atoms with Gasteiger partial charge in [0.15, 0.2) is 12.2 Å². The molecule has 24 heavy (non-hydrogen) atoms. The van der Waals surface area contributed by atoms with E-state index in [-0.39, 0.29) is 0 Å². The predicted molar refractivity (Wildman–Crippen MR) is 80.5 cm³/mol. The van der Waals surface area contributed by atoms with Crippen LogP contribution < -0.4 is 0 Å². The monoisotopic (exact) mass is 340 g/mol. The Morgan fingerprint density at radius 3 is 1.46 bits per heavy atom. The number of ether oxygens (including phenoxy) is 4. The van der Waals surface area contributed by atoms with E-state index >= 15 is 0 Å². The molecule has 1 rings (SSSR count). The maximum Gasteiger partial charge on any atom is 0.330 e. The SMILES string of the molecule is CC(=O)O[C@H]1/C=C\C(=O)O[C@H](C)[C@@H](OC(C)=O)/C=C\C(=O)O[C@@H]1C. The van der Waals surface area contributed by atoms with Crippen molar-refractivity contribution in [3.05, 3.63) is 24.3 Å². The Hall–Kier alpha value is -2.64. The second-order valence-electron chi connectivity index (χ2n) is 5.15. The zero-order valence-corrected chi connectivity index (χ0v) is 13.9. The summed E-state index contributed by atoms with van der Waals surface area (Å²) >= 11 is 0. The van der Waals surface area contributed by atoms with Crippen molar-refractivity contribution in [1.29, 1.82) is 0 Å². The highest BCUT2D eigenvalue weighted by Crippen LogP contribution is 2.12. The predicted octanol–water partition coefficient (Wildman–Crippen LogP) is 0.839. The molecule has 0 saturated carbocycles. The topological polar surface area (TPSA) is 105 Å². The lowest BCUT2D eigenvalue weighted by molar-refractivity contribution is -0.160. The summed E-state index contributed by atoms with van der Waals surface area (Å²) in [5, 5.41) is 0. The Morgan fingerprint density at radius 1 is 0.833 bits per heavy atom. The molecule has 8 heteroatoms. The van der Waals surface area contributed by atoms with E-state index in [2.05, 4.69) is 0 Å². The van der Waals surface area contributed by atoms with Gasteiger partial charge in [0.2, 0.25) is 0 Å². The summed E-state index contributed by atoms with van der Waals surface area (Å²) in [6, 6.07) is 0. The molecule has 0 N–H and O–H groups in total. The van der Waals surface area contributed by atoms with Crippen LogP contribution in [0, 0.1) is 0 Å². The Bertz CT molecular complexity index is 512. The van der Waals surface area contributed by atoms with E-state index in [0.29, 0.717) is 0 Å². The molecule has 0 aromatic rings. The first-order valence-electron chi connectivity index (χ1n) is 7.31. The molecule has 1 heterocycles. The van der Waals surface area contributed by atoms with Crippen LogP contribution >= 0.6 is 0 Å². The number of rotatable bonds is 2. The number of esters is 4.